The average molecular weight is 323 g/mol. The average Bonchev–Trinajstić information content (AvgIpc) is 2.58. The van der Waals surface area contributed by atoms with Crippen LogP contribution in [0.2, 0.25) is 0 Å². The zero-order chi connectivity index (χ0) is 16.5. The van der Waals surface area contributed by atoms with Crippen LogP contribution < -0.4 is 10.1 Å². The lowest BCUT2D eigenvalue weighted by atomic mass is 10.3. The zero-order valence-electron chi connectivity index (χ0n) is 12.9. The van der Waals surface area contributed by atoms with Gasteiger partial charge in [0.2, 0.25) is 0 Å². The minimum atomic E-state index is -0.532. The van der Waals surface area contributed by atoms with Gasteiger partial charge in [-0.2, -0.15) is 0 Å². The summed E-state index contributed by atoms with van der Waals surface area (Å²) in [6.45, 7) is 4.60. The molecule has 8 heteroatoms. The molecule has 0 radical (unpaired) electrons. The number of carbonyl (C=O) groups excluding carboxylic acids is 1. The summed E-state index contributed by atoms with van der Waals surface area (Å²) >= 11 is 0. The van der Waals surface area contributed by atoms with Gasteiger partial charge in [-0.3, -0.25) is 19.8 Å². The van der Waals surface area contributed by atoms with Gasteiger partial charge in [0.1, 0.15) is 0 Å². The molecule has 1 saturated heterocycles. The van der Waals surface area contributed by atoms with E-state index in [4.69, 9.17) is 9.47 Å². The number of amides is 1. The zero-order valence-corrected chi connectivity index (χ0v) is 12.9. The van der Waals surface area contributed by atoms with Gasteiger partial charge in [0.15, 0.2) is 12.4 Å². The molecule has 23 heavy (non-hydrogen) atoms. The van der Waals surface area contributed by atoms with Gasteiger partial charge in [-0.15, -0.1) is 0 Å². The number of nitro benzene ring substituents is 1. The fraction of sp³-hybridized carbons (Fsp3) is 0.533. The Hall–Kier alpha value is -2.19. The molecule has 0 atom stereocenters. The number of hydrogen-bond acceptors (Lipinski definition) is 6. The van der Waals surface area contributed by atoms with E-state index in [2.05, 4.69) is 10.2 Å². The topological polar surface area (TPSA) is 93.9 Å². The van der Waals surface area contributed by atoms with E-state index in [1.165, 1.54) is 12.1 Å². The van der Waals surface area contributed by atoms with Crippen LogP contribution in [0, 0.1) is 10.1 Å². The standard InChI is InChI=1S/C15H21N3O5/c19-15(16-6-3-7-17-8-10-22-11-9-17)12-23-14-5-2-1-4-13(14)18(20)21/h1-2,4-5H,3,6-12H2,(H,16,19). The molecule has 1 aliphatic heterocycles. The van der Waals surface area contributed by atoms with Crippen LogP contribution in [0.15, 0.2) is 24.3 Å². The number of para-hydroxylation sites is 2. The highest BCUT2D eigenvalue weighted by Crippen LogP contribution is 2.25. The summed E-state index contributed by atoms with van der Waals surface area (Å²) in [5.41, 5.74) is -0.146. The Morgan fingerprint density at radius 1 is 1.35 bits per heavy atom. The molecule has 1 aromatic rings. The van der Waals surface area contributed by atoms with E-state index in [9.17, 15) is 14.9 Å². The third-order valence-electron chi connectivity index (χ3n) is 3.50. The number of benzene rings is 1. The molecule has 0 spiro atoms. The first kappa shape index (κ1) is 17.2. The number of hydrogen-bond donors (Lipinski definition) is 1. The van der Waals surface area contributed by atoms with Crippen LogP contribution in [0.5, 0.6) is 5.75 Å². The van der Waals surface area contributed by atoms with Gasteiger partial charge < -0.3 is 14.8 Å². The minimum absolute atomic E-state index is 0.0981. The second-order valence-corrected chi connectivity index (χ2v) is 5.17. The molecule has 2 rings (SSSR count). The molecule has 1 aromatic carbocycles. The molecule has 1 fully saturated rings. The number of nitro groups is 1. The molecule has 126 valence electrons. The van der Waals surface area contributed by atoms with Crippen molar-refractivity contribution in [2.45, 2.75) is 6.42 Å². The number of ether oxygens (including phenoxy) is 2. The van der Waals surface area contributed by atoms with E-state index in [0.717, 1.165) is 39.3 Å². The van der Waals surface area contributed by atoms with Gasteiger partial charge in [-0.1, -0.05) is 12.1 Å². The number of rotatable bonds is 8. The van der Waals surface area contributed by atoms with E-state index >= 15 is 0 Å². The van der Waals surface area contributed by atoms with Crippen molar-refractivity contribution < 1.29 is 19.2 Å². The molecule has 0 saturated carbocycles. The Morgan fingerprint density at radius 3 is 2.83 bits per heavy atom. The van der Waals surface area contributed by atoms with E-state index < -0.39 is 4.92 Å². The predicted molar refractivity (Wildman–Crippen MR) is 83.5 cm³/mol. The molecule has 8 nitrogen and oxygen atoms in total. The van der Waals surface area contributed by atoms with E-state index in [-0.39, 0.29) is 24.0 Å². The van der Waals surface area contributed by atoms with Crippen LogP contribution in [0.25, 0.3) is 0 Å². The molecule has 1 heterocycles. The summed E-state index contributed by atoms with van der Waals surface area (Å²) in [5.74, 6) is -0.189. The lowest BCUT2D eigenvalue weighted by molar-refractivity contribution is -0.385. The molecular weight excluding hydrogens is 302 g/mol. The third-order valence-corrected chi connectivity index (χ3v) is 3.50. The highest BCUT2D eigenvalue weighted by Gasteiger charge is 2.15. The Morgan fingerprint density at radius 2 is 2.09 bits per heavy atom. The molecule has 0 aliphatic carbocycles. The van der Waals surface area contributed by atoms with Crippen molar-refractivity contribution in [3.63, 3.8) is 0 Å². The first-order valence-electron chi connectivity index (χ1n) is 7.60. The number of nitrogens with zero attached hydrogens (tertiary/aromatic N) is 2. The Kier molecular flexibility index (Phi) is 6.76. The van der Waals surface area contributed by atoms with Crippen molar-refractivity contribution in [3.8, 4) is 5.75 Å². The van der Waals surface area contributed by atoms with Crippen molar-refractivity contribution in [2.24, 2.45) is 0 Å². The lowest BCUT2D eigenvalue weighted by Gasteiger charge is -2.26. The lowest BCUT2D eigenvalue weighted by Crippen LogP contribution is -2.38. The molecule has 0 unspecified atom stereocenters. The number of nitrogens with one attached hydrogen (secondary N) is 1. The van der Waals surface area contributed by atoms with Crippen molar-refractivity contribution in [1.82, 2.24) is 10.2 Å². The second-order valence-electron chi connectivity index (χ2n) is 5.17. The minimum Gasteiger partial charge on any atom is -0.477 e. The SMILES string of the molecule is O=C(COc1ccccc1[N+](=O)[O-])NCCCN1CCOCC1. The normalized spacial score (nSPS) is 15.1. The molecular formula is C15H21N3O5. The van der Waals surface area contributed by atoms with Crippen LogP contribution in [-0.4, -0.2) is 61.7 Å². The Bertz CT molecular complexity index is 532. The quantitative estimate of drug-likeness (QED) is 0.432. The van der Waals surface area contributed by atoms with Gasteiger partial charge in [-0.05, 0) is 19.0 Å². The van der Waals surface area contributed by atoms with Gasteiger partial charge in [0, 0.05) is 25.7 Å². The highest BCUT2D eigenvalue weighted by molar-refractivity contribution is 5.77. The van der Waals surface area contributed by atoms with E-state index in [1.54, 1.807) is 12.1 Å². The first-order valence-corrected chi connectivity index (χ1v) is 7.60. The Labute approximate surface area is 134 Å². The smallest absolute Gasteiger partial charge is 0.310 e. The molecule has 1 N–H and O–H groups in total. The van der Waals surface area contributed by atoms with Crippen molar-refractivity contribution in [3.05, 3.63) is 34.4 Å². The first-order chi connectivity index (χ1) is 11.2. The van der Waals surface area contributed by atoms with Crippen LogP contribution in [-0.2, 0) is 9.53 Å². The van der Waals surface area contributed by atoms with Crippen LogP contribution >= 0.6 is 0 Å². The summed E-state index contributed by atoms with van der Waals surface area (Å²) in [6.07, 6.45) is 0.844. The predicted octanol–water partition coefficient (Wildman–Crippen LogP) is 0.812. The summed E-state index contributed by atoms with van der Waals surface area (Å²) in [6, 6.07) is 6.00. The van der Waals surface area contributed by atoms with Gasteiger partial charge >= 0.3 is 5.69 Å². The van der Waals surface area contributed by atoms with Gasteiger partial charge in [-0.25, -0.2) is 0 Å². The van der Waals surface area contributed by atoms with Crippen LogP contribution in [0.4, 0.5) is 5.69 Å². The van der Waals surface area contributed by atoms with Crippen LogP contribution in [0.1, 0.15) is 6.42 Å². The Balaban J connectivity index is 1.64. The fourth-order valence-electron chi connectivity index (χ4n) is 2.28. The summed E-state index contributed by atoms with van der Waals surface area (Å²) in [7, 11) is 0. The van der Waals surface area contributed by atoms with Crippen molar-refractivity contribution in [2.75, 3.05) is 46.0 Å². The maximum atomic E-state index is 11.7. The maximum Gasteiger partial charge on any atom is 0.310 e. The number of carbonyl (C=O) groups is 1. The van der Waals surface area contributed by atoms with Gasteiger partial charge in [0.05, 0.1) is 18.1 Å². The molecule has 0 aromatic heterocycles. The third kappa shape index (κ3) is 5.84. The summed E-state index contributed by atoms with van der Waals surface area (Å²) < 4.78 is 10.5. The van der Waals surface area contributed by atoms with Crippen molar-refractivity contribution >= 4 is 11.6 Å². The maximum absolute atomic E-state index is 11.7. The molecule has 1 amide bonds. The summed E-state index contributed by atoms with van der Waals surface area (Å²) in [5, 5.41) is 13.6. The van der Waals surface area contributed by atoms with E-state index in [0.29, 0.717) is 6.54 Å². The highest BCUT2D eigenvalue weighted by atomic mass is 16.6. The van der Waals surface area contributed by atoms with Gasteiger partial charge in [0.25, 0.3) is 5.91 Å². The monoisotopic (exact) mass is 323 g/mol. The fourth-order valence-corrected chi connectivity index (χ4v) is 2.28. The van der Waals surface area contributed by atoms with Crippen LogP contribution in [0.3, 0.4) is 0 Å². The summed E-state index contributed by atoms with van der Waals surface area (Å²) in [4.78, 5) is 24.3. The molecule has 0 bridgehead atoms. The molecule has 1 aliphatic rings. The van der Waals surface area contributed by atoms with E-state index in [1.807, 2.05) is 0 Å². The largest absolute Gasteiger partial charge is 0.477 e. The van der Waals surface area contributed by atoms with Crippen molar-refractivity contribution in [1.29, 1.82) is 0 Å². The number of morpholine rings is 1. The second kappa shape index (κ2) is 9.06.